The fourth-order valence-electron chi connectivity index (χ4n) is 1.64. The van der Waals surface area contributed by atoms with Gasteiger partial charge >= 0.3 is 0 Å². The van der Waals surface area contributed by atoms with E-state index >= 15 is 0 Å². The fraction of sp³-hybridized carbons (Fsp3) is 0.308. The van der Waals surface area contributed by atoms with Crippen molar-refractivity contribution in [2.24, 2.45) is 0 Å². The van der Waals surface area contributed by atoms with Gasteiger partial charge in [-0.25, -0.2) is 4.98 Å². The Balaban J connectivity index is 2.29. The molecule has 0 bridgehead atoms. The van der Waals surface area contributed by atoms with Gasteiger partial charge in [0.25, 0.3) is 0 Å². The summed E-state index contributed by atoms with van der Waals surface area (Å²) in [5.41, 5.74) is 2.51. The van der Waals surface area contributed by atoms with E-state index in [0.29, 0.717) is 12.3 Å². The Morgan fingerprint density at radius 3 is 2.47 bits per heavy atom. The normalized spacial score (nSPS) is 10.8. The van der Waals surface area contributed by atoms with Crippen molar-refractivity contribution in [3.05, 3.63) is 41.3 Å². The molecule has 1 aromatic heterocycles. The average Bonchev–Trinajstić information content (AvgIpc) is 2.72. The minimum atomic E-state index is 0.0284. The lowest BCUT2D eigenvalue weighted by molar-refractivity contribution is 0.282. The summed E-state index contributed by atoms with van der Waals surface area (Å²) in [6, 6.07) is 7.39. The second kappa shape index (κ2) is 5.12. The zero-order chi connectivity index (χ0) is 12.3. The summed E-state index contributed by atoms with van der Waals surface area (Å²) in [6.07, 6.45) is 0.504. The van der Waals surface area contributed by atoms with Crippen LogP contribution in [-0.4, -0.2) is 21.8 Å². The van der Waals surface area contributed by atoms with Crippen LogP contribution in [0.4, 0.5) is 0 Å². The van der Waals surface area contributed by atoms with Crippen LogP contribution < -0.4 is 0 Å². The van der Waals surface area contributed by atoms with Crippen LogP contribution in [0.5, 0.6) is 0 Å². The maximum atomic E-state index is 8.95. The summed E-state index contributed by atoms with van der Waals surface area (Å²) in [7, 11) is 0. The number of aliphatic hydroxyl groups excluding tert-OH is 2. The molecule has 0 aliphatic rings. The minimum absolute atomic E-state index is 0.0284. The molecule has 0 atom stereocenters. The molecule has 90 valence electrons. The number of aromatic nitrogens is 1. The molecule has 0 aliphatic carbocycles. The third-order valence-electron chi connectivity index (χ3n) is 2.62. The third kappa shape index (κ3) is 2.54. The molecule has 1 heterocycles. The lowest BCUT2D eigenvalue weighted by atomic mass is 10.1. The van der Waals surface area contributed by atoms with Gasteiger partial charge in [0.1, 0.15) is 5.76 Å². The molecule has 4 heteroatoms. The van der Waals surface area contributed by atoms with Crippen LogP contribution in [0.2, 0.25) is 0 Å². The second-order valence-electron chi connectivity index (χ2n) is 3.85. The van der Waals surface area contributed by atoms with Crippen molar-refractivity contribution in [3.63, 3.8) is 0 Å². The van der Waals surface area contributed by atoms with Crippen LogP contribution >= 0.6 is 0 Å². The third-order valence-corrected chi connectivity index (χ3v) is 2.62. The summed E-state index contributed by atoms with van der Waals surface area (Å²) in [5.74, 6) is 1.29. The van der Waals surface area contributed by atoms with Crippen LogP contribution in [0.3, 0.4) is 0 Å². The largest absolute Gasteiger partial charge is 0.441 e. The predicted octanol–water partition coefficient (Wildman–Crippen LogP) is 1.68. The Labute approximate surface area is 99.6 Å². The van der Waals surface area contributed by atoms with Crippen LogP contribution in [0.15, 0.2) is 28.7 Å². The first-order valence-corrected chi connectivity index (χ1v) is 5.52. The maximum absolute atomic E-state index is 8.95. The number of nitrogens with zero attached hydrogens (tertiary/aromatic N) is 1. The van der Waals surface area contributed by atoms with Crippen LogP contribution in [0.25, 0.3) is 11.5 Å². The van der Waals surface area contributed by atoms with E-state index in [1.807, 2.05) is 31.2 Å². The monoisotopic (exact) mass is 233 g/mol. The lowest BCUT2D eigenvalue weighted by Gasteiger charge is -1.97. The Hall–Kier alpha value is -1.65. The summed E-state index contributed by atoms with van der Waals surface area (Å²) >= 11 is 0. The smallest absolute Gasteiger partial charge is 0.226 e. The van der Waals surface area contributed by atoms with Crippen molar-refractivity contribution < 1.29 is 14.6 Å². The van der Waals surface area contributed by atoms with Crippen molar-refractivity contribution in [2.75, 3.05) is 6.61 Å². The van der Waals surface area contributed by atoms with E-state index in [4.69, 9.17) is 14.6 Å². The van der Waals surface area contributed by atoms with E-state index in [9.17, 15) is 0 Å². The van der Waals surface area contributed by atoms with Gasteiger partial charge in [0.15, 0.2) is 0 Å². The summed E-state index contributed by atoms with van der Waals surface area (Å²) in [6.45, 7) is 1.93. The SMILES string of the molecule is Cc1oc(-c2ccc(CO)cc2)nc1CCO. The molecule has 0 saturated carbocycles. The van der Waals surface area contributed by atoms with Crippen molar-refractivity contribution in [1.29, 1.82) is 0 Å². The number of oxazole rings is 1. The van der Waals surface area contributed by atoms with E-state index in [1.54, 1.807) is 0 Å². The zero-order valence-corrected chi connectivity index (χ0v) is 9.68. The summed E-state index contributed by atoms with van der Waals surface area (Å²) in [5, 5.41) is 17.8. The van der Waals surface area contributed by atoms with Gasteiger partial charge in [-0.1, -0.05) is 12.1 Å². The van der Waals surface area contributed by atoms with Gasteiger partial charge in [-0.15, -0.1) is 0 Å². The molecule has 0 amide bonds. The average molecular weight is 233 g/mol. The highest BCUT2D eigenvalue weighted by Gasteiger charge is 2.10. The van der Waals surface area contributed by atoms with Crippen molar-refractivity contribution in [1.82, 2.24) is 4.98 Å². The molecule has 0 aliphatic heterocycles. The number of aliphatic hydroxyl groups is 2. The molecule has 17 heavy (non-hydrogen) atoms. The molecule has 2 N–H and O–H groups in total. The van der Waals surface area contributed by atoms with Gasteiger partial charge in [-0.05, 0) is 24.6 Å². The van der Waals surface area contributed by atoms with Crippen LogP contribution in [0, 0.1) is 6.92 Å². The molecule has 0 unspecified atom stereocenters. The van der Waals surface area contributed by atoms with Gasteiger partial charge in [0.05, 0.1) is 12.3 Å². The Kier molecular flexibility index (Phi) is 3.56. The lowest BCUT2D eigenvalue weighted by Crippen LogP contribution is -1.92. The molecule has 2 rings (SSSR count). The molecule has 0 spiro atoms. The minimum Gasteiger partial charge on any atom is -0.441 e. The van der Waals surface area contributed by atoms with Gasteiger partial charge in [-0.3, -0.25) is 0 Å². The number of aryl methyl sites for hydroxylation is 1. The van der Waals surface area contributed by atoms with E-state index in [1.165, 1.54) is 0 Å². The van der Waals surface area contributed by atoms with Crippen LogP contribution in [0.1, 0.15) is 17.0 Å². The molecule has 0 radical (unpaired) electrons. The fourth-order valence-corrected chi connectivity index (χ4v) is 1.64. The molecule has 0 fully saturated rings. The Morgan fingerprint density at radius 2 is 1.88 bits per heavy atom. The summed E-state index contributed by atoms with van der Waals surface area (Å²) < 4.78 is 5.54. The summed E-state index contributed by atoms with van der Waals surface area (Å²) in [4.78, 5) is 4.34. The Morgan fingerprint density at radius 1 is 1.18 bits per heavy atom. The van der Waals surface area contributed by atoms with E-state index < -0.39 is 0 Å². The highest BCUT2D eigenvalue weighted by Crippen LogP contribution is 2.22. The predicted molar refractivity (Wildman–Crippen MR) is 63.4 cm³/mol. The van der Waals surface area contributed by atoms with Gasteiger partial charge in [-0.2, -0.15) is 0 Å². The first kappa shape index (κ1) is 11.8. The quantitative estimate of drug-likeness (QED) is 0.843. The number of hydrogen-bond acceptors (Lipinski definition) is 4. The molecule has 2 aromatic rings. The molecular formula is C13H15NO3. The first-order chi connectivity index (χ1) is 8.24. The van der Waals surface area contributed by atoms with Gasteiger partial charge in [0.2, 0.25) is 5.89 Å². The number of benzene rings is 1. The second-order valence-corrected chi connectivity index (χ2v) is 3.85. The van der Waals surface area contributed by atoms with Crippen LogP contribution in [-0.2, 0) is 13.0 Å². The highest BCUT2D eigenvalue weighted by atomic mass is 16.4. The molecule has 0 saturated heterocycles. The van der Waals surface area contributed by atoms with Gasteiger partial charge < -0.3 is 14.6 Å². The van der Waals surface area contributed by atoms with Crippen molar-refractivity contribution in [2.45, 2.75) is 20.0 Å². The molecular weight excluding hydrogens is 218 g/mol. The maximum Gasteiger partial charge on any atom is 0.226 e. The molecule has 4 nitrogen and oxygen atoms in total. The zero-order valence-electron chi connectivity index (χ0n) is 9.68. The first-order valence-electron chi connectivity index (χ1n) is 5.52. The van der Waals surface area contributed by atoms with E-state index in [-0.39, 0.29) is 13.2 Å². The Bertz CT molecular complexity index is 488. The topological polar surface area (TPSA) is 66.5 Å². The van der Waals surface area contributed by atoms with Crippen molar-refractivity contribution >= 4 is 0 Å². The van der Waals surface area contributed by atoms with Gasteiger partial charge in [0, 0.05) is 18.6 Å². The van der Waals surface area contributed by atoms with E-state index in [0.717, 1.165) is 22.6 Å². The number of hydrogen-bond donors (Lipinski definition) is 2. The highest BCUT2D eigenvalue weighted by molar-refractivity contribution is 5.54. The van der Waals surface area contributed by atoms with Crippen molar-refractivity contribution in [3.8, 4) is 11.5 Å². The number of rotatable bonds is 4. The molecule has 1 aromatic carbocycles. The van der Waals surface area contributed by atoms with E-state index in [2.05, 4.69) is 4.98 Å². The standard InChI is InChI=1S/C13H15NO3/c1-9-12(6-7-15)14-13(17-9)11-4-2-10(8-16)3-5-11/h2-5,15-16H,6-8H2,1H3.